The summed E-state index contributed by atoms with van der Waals surface area (Å²) in [4.78, 5) is 25.5. The maximum atomic E-state index is 13.0. The lowest BCUT2D eigenvalue weighted by Gasteiger charge is -2.18. The number of carbonyl (C=O) groups excluding carboxylic acids is 2. The number of hydrazine groups is 1. The third-order valence-electron chi connectivity index (χ3n) is 4.87. The molecule has 0 unspecified atom stereocenters. The molecule has 32 heavy (non-hydrogen) atoms. The van der Waals surface area contributed by atoms with Crippen molar-refractivity contribution < 1.29 is 9.59 Å². The Morgan fingerprint density at radius 1 is 0.750 bits per heavy atom. The highest BCUT2D eigenvalue weighted by atomic mass is 16.2. The van der Waals surface area contributed by atoms with Gasteiger partial charge in [-0.05, 0) is 22.6 Å². The van der Waals surface area contributed by atoms with Gasteiger partial charge >= 0.3 is 0 Å². The fourth-order valence-electron chi connectivity index (χ4n) is 3.40. The van der Waals surface area contributed by atoms with Gasteiger partial charge in [0.1, 0.15) is 0 Å². The molecule has 0 radical (unpaired) electrons. The quantitative estimate of drug-likeness (QED) is 0.447. The van der Waals surface area contributed by atoms with E-state index in [1.165, 1.54) is 0 Å². The third kappa shape index (κ3) is 6.57. The minimum Gasteiger partial charge on any atom is -0.346 e. The van der Waals surface area contributed by atoms with E-state index in [-0.39, 0.29) is 18.4 Å². The largest absolute Gasteiger partial charge is 0.346 e. The van der Waals surface area contributed by atoms with Crippen LogP contribution in [0.3, 0.4) is 0 Å². The second kappa shape index (κ2) is 11.5. The van der Waals surface area contributed by atoms with Crippen molar-refractivity contribution in [1.82, 2.24) is 16.2 Å². The Morgan fingerprint density at radius 2 is 1.25 bits per heavy atom. The minimum atomic E-state index is -0.487. The summed E-state index contributed by atoms with van der Waals surface area (Å²) in [5.74, 6) is -0.743. The summed E-state index contributed by atoms with van der Waals surface area (Å²) in [5, 5.41) is 2.77. The van der Waals surface area contributed by atoms with E-state index in [1.54, 1.807) is 0 Å². The van der Waals surface area contributed by atoms with Crippen LogP contribution < -0.4 is 16.2 Å². The van der Waals surface area contributed by atoms with Gasteiger partial charge in [-0.15, -0.1) is 0 Å². The maximum Gasteiger partial charge on any atom is 0.257 e. The lowest BCUT2D eigenvalue weighted by molar-refractivity contribution is -0.126. The SMILES string of the molecule is CC(C)C=C(NNC(=O)CNC(=O)C(c1ccccc1)c1ccccc1)c1ccccc1. The minimum absolute atomic E-state index is 0.133. The lowest BCUT2D eigenvalue weighted by Crippen LogP contribution is -2.44. The first kappa shape index (κ1) is 22.8. The molecule has 0 bridgehead atoms. The van der Waals surface area contributed by atoms with Crippen molar-refractivity contribution >= 4 is 17.5 Å². The van der Waals surface area contributed by atoms with Crippen LogP contribution in [-0.4, -0.2) is 18.4 Å². The van der Waals surface area contributed by atoms with E-state index in [2.05, 4.69) is 30.0 Å². The summed E-state index contributed by atoms with van der Waals surface area (Å²) in [6.45, 7) is 4.01. The van der Waals surface area contributed by atoms with Crippen molar-refractivity contribution in [3.8, 4) is 0 Å². The fraction of sp³-hybridized carbons (Fsp3) is 0.185. The van der Waals surface area contributed by atoms with Crippen molar-refractivity contribution in [2.75, 3.05) is 6.54 Å². The van der Waals surface area contributed by atoms with Crippen LogP contribution in [0.5, 0.6) is 0 Å². The molecule has 5 heteroatoms. The molecule has 0 saturated heterocycles. The molecular weight excluding hydrogens is 398 g/mol. The molecule has 0 aliphatic rings. The van der Waals surface area contributed by atoms with Crippen LogP contribution in [0.1, 0.15) is 36.5 Å². The Morgan fingerprint density at radius 3 is 1.75 bits per heavy atom. The smallest absolute Gasteiger partial charge is 0.257 e. The van der Waals surface area contributed by atoms with E-state index in [0.717, 1.165) is 22.4 Å². The maximum absolute atomic E-state index is 13.0. The molecule has 3 N–H and O–H groups in total. The van der Waals surface area contributed by atoms with Crippen LogP contribution in [0.25, 0.3) is 5.70 Å². The van der Waals surface area contributed by atoms with Crippen LogP contribution in [0, 0.1) is 5.92 Å². The number of rotatable bonds is 9. The Hall–Kier alpha value is -3.86. The molecule has 0 saturated carbocycles. The molecule has 0 spiro atoms. The summed E-state index contributed by atoms with van der Waals surface area (Å²) >= 11 is 0. The fourth-order valence-corrected chi connectivity index (χ4v) is 3.40. The second-order valence-electron chi connectivity index (χ2n) is 7.84. The molecule has 164 valence electrons. The van der Waals surface area contributed by atoms with E-state index >= 15 is 0 Å². The zero-order valence-electron chi connectivity index (χ0n) is 18.4. The van der Waals surface area contributed by atoms with E-state index in [1.807, 2.05) is 97.1 Å². The van der Waals surface area contributed by atoms with Gasteiger partial charge in [-0.3, -0.25) is 20.4 Å². The molecule has 0 aliphatic carbocycles. The van der Waals surface area contributed by atoms with Crippen molar-refractivity contribution in [1.29, 1.82) is 0 Å². The van der Waals surface area contributed by atoms with Crippen molar-refractivity contribution in [3.63, 3.8) is 0 Å². The number of allylic oxidation sites excluding steroid dienone is 1. The molecule has 3 aromatic carbocycles. The average molecular weight is 428 g/mol. The monoisotopic (exact) mass is 427 g/mol. The summed E-state index contributed by atoms with van der Waals surface area (Å²) in [5.41, 5.74) is 9.22. The first-order valence-electron chi connectivity index (χ1n) is 10.7. The van der Waals surface area contributed by atoms with Gasteiger partial charge in [0.15, 0.2) is 0 Å². The van der Waals surface area contributed by atoms with E-state index in [9.17, 15) is 9.59 Å². The highest BCUT2D eigenvalue weighted by molar-refractivity contribution is 5.90. The van der Waals surface area contributed by atoms with Crippen molar-refractivity contribution in [3.05, 3.63) is 114 Å². The van der Waals surface area contributed by atoms with Gasteiger partial charge in [0.05, 0.1) is 18.2 Å². The van der Waals surface area contributed by atoms with Gasteiger partial charge in [0.2, 0.25) is 5.91 Å². The summed E-state index contributed by atoms with van der Waals surface area (Å²) in [7, 11) is 0. The molecule has 2 amide bonds. The van der Waals surface area contributed by atoms with Crippen LogP contribution in [0.4, 0.5) is 0 Å². The predicted molar refractivity (Wildman–Crippen MR) is 128 cm³/mol. The van der Waals surface area contributed by atoms with Crippen molar-refractivity contribution in [2.45, 2.75) is 19.8 Å². The molecular formula is C27H29N3O2. The predicted octanol–water partition coefficient (Wildman–Crippen LogP) is 4.25. The lowest BCUT2D eigenvalue weighted by atomic mass is 9.90. The number of hydrogen-bond donors (Lipinski definition) is 3. The normalized spacial score (nSPS) is 11.3. The van der Waals surface area contributed by atoms with Gasteiger partial charge in [-0.1, -0.05) is 111 Å². The zero-order valence-corrected chi connectivity index (χ0v) is 18.4. The second-order valence-corrected chi connectivity index (χ2v) is 7.84. The highest BCUT2D eigenvalue weighted by Gasteiger charge is 2.22. The number of amides is 2. The van der Waals surface area contributed by atoms with Crippen molar-refractivity contribution in [2.24, 2.45) is 5.92 Å². The van der Waals surface area contributed by atoms with Crippen LogP contribution in [0.2, 0.25) is 0 Å². The standard InChI is InChI=1S/C27H29N3O2/c1-20(2)18-24(21-12-6-3-7-13-21)29-30-25(31)19-28-27(32)26(22-14-8-4-9-15-22)23-16-10-5-11-17-23/h3-18,20,26,29H,19H2,1-2H3,(H,28,32)(H,30,31). The van der Waals surface area contributed by atoms with Crippen LogP contribution >= 0.6 is 0 Å². The molecule has 0 heterocycles. The average Bonchev–Trinajstić information content (AvgIpc) is 2.82. The van der Waals surface area contributed by atoms with E-state index in [0.29, 0.717) is 5.92 Å². The van der Waals surface area contributed by atoms with Gasteiger partial charge in [0.25, 0.3) is 5.91 Å². The first-order chi connectivity index (χ1) is 15.5. The Kier molecular flexibility index (Phi) is 8.21. The molecule has 3 aromatic rings. The summed E-state index contributed by atoms with van der Waals surface area (Å²) in [6.07, 6.45) is 2.04. The first-order valence-corrected chi connectivity index (χ1v) is 10.7. The molecule has 0 fully saturated rings. The summed E-state index contributed by atoms with van der Waals surface area (Å²) < 4.78 is 0. The topological polar surface area (TPSA) is 70.2 Å². The Bertz CT molecular complexity index is 993. The molecule has 0 aliphatic heterocycles. The Balaban J connectivity index is 1.63. The van der Waals surface area contributed by atoms with Crippen LogP contribution in [0.15, 0.2) is 97.1 Å². The van der Waals surface area contributed by atoms with Gasteiger partial charge in [-0.2, -0.15) is 0 Å². The van der Waals surface area contributed by atoms with Crippen LogP contribution in [-0.2, 0) is 9.59 Å². The third-order valence-corrected chi connectivity index (χ3v) is 4.87. The number of nitrogens with one attached hydrogen (secondary N) is 3. The number of benzene rings is 3. The van der Waals surface area contributed by atoms with E-state index in [4.69, 9.17) is 0 Å². The molecule has 3 rings (SSSR count). The zero-order chi connectivity index (χ0) is 22.8. The van der Waals surface area contributed by atoms with E-state index < -0.39 is 5.92 Å². The van der Waals surface area contributed by atoms with Gasteiger partial charge in [0, 0.05) is 0 Å². The number of hydrogen-bond acceptors (Lipinski definition) is 3. The Labute approximate surface area is 189 Å². The molecule has 5 nitrogen and oxygen atoms in total. The molecule has 0 aromatic heterocycles. The summed E-state index contributed by atoms with van der Waals surface area (Å²) in [6, 6.07) is 28.9. The molecule has 0 atom stereocenters. The van der Waals surface area contributed by atoms with Gasteiger partial charge in [-0.25, -0.2) is 0 Å². The van der Waals surface area contributed by atoms with Gasteiger partial charge < -0.3 is 5.32 Å². The highest BCUT2D eigenvalue weighted by Crippen LogP contribution is 2.24. The number of carbonyl (C=O) groups is 2.